The van der Waals surface area contributed by atoms with Crippen molar-refractivity contribution in [1.29, 1.82) is 0 Å². The van der Waals surface area contributed by atoms with Gasteiger partial charge in [0.2, 0.25) is 0 Å². The Bertz CT molecular complexity index is 591. The van der Waals surface area contributed by atoms with E-state index in [1.807, 2.05) is 13.8 Å². The molecule has 6 heteroatoms. The summed E-state index contributed by atoms with van der Waals surface area (Å²) in [4.78, 5) is 26.1. The molecule has 0 aromatic carbocycles. The minimum absolute atomic E-state index is 0.180. The number of carboxylic acids is 1. The maximum absolute atomic E-state index is 12.3. The van der Waals surface area contributed by atoms with Crippen molar-refractivity contribution >= 4 is 5.97 Å². The van der Waals surface area contributed by atoms with Crippen LogP contribution in [0.2, 0.25) is 0 Å². The van der Waals surface area contributed by atoms with Gasteiger partial charge in [0.1, 0.15) is 0 Å². The number of carboxylic acid groups (broad SMARTS) is 1. The maximum atomic E-state index is 12.3. The Morgan fingerprint density at radius 3 is 2.59 bits per heavy atom. The summed E-state index contributed by atoms with van der Waals surface area (Å²) in [6.07, 6.45) is 2.38. The van der Waals surface area contributed by atoms with Gasteiger partial charge in [-0.05, 0) is 44.8 Å². The van der Waals surface area contributed by atoms with Crippen molar-refractivity contribution in [3.05, 3.63) is 27.7 Å². The smallest absolute Gasteiger partial charge is 0.328 e. The summed E-state index contributed by atoms with van der Waals surface area (Å²) in [5.41, 5.74) is 1.04. The van der Waals surface area contributed by atoms with Crippen LogP contribution in [0.5, 0.6) is 0 Å². The summed E-state index contributed by atoms with van der Waals surface area (Å²) in [6.45, 7) is 8.76. The Morgan fingerprint density at radius 1 is 1.41 bits per heavy atom. The first-order valence-corrected chi connectivity index (χ1v) is 7.93. The summed E-state index contributed by atoms with van der Waals surface area (Å²) in [5, 5.41) is 13.8. The number of hydrogen-bond donors (Lipinski definition) is 1. The number of rotatable bonds is 7. The zero-order valence-electron chi connectivity index (χ0n) is 13.6. The third kappa shape index (κ3) is 3.94. The highest BCUT2D eigenvalue weighted by molar-refractivity contribution is 5.71. The van der Waals surface area contributed by atoms with E-state index in [1.54, 1.807) is 13.0 Å². The molecule has 0 radical (unpaired) electrons. The number of aryl methyl sites for hydroxylation is 1. The molecule has 1 saturated heterocycles. The van der Waals surface area contributed by atoms with Crippen LogP contribution in [0.4, 0.5) is 0 Å². The minimum atomic E-state index is -0.998. The monoisotopic (exact) mass is 307 g/mol. The van der Waals surface area contributed by atoms with Gasteiger partial charge < -0.3 is 10.0 Å². The number of carbonyl (C=O) groups is 1. The molecule has 0 unspecified atom stereocenters. The van der Waals surface area contributed by atoms with Crippen molar-refractivity contribution in [3.63, 3.8) is 0 Å². The standard InChI is InChI=1S/C16H25N3O3/c1-11(2)9-14(16(21)22)19-15(20)12(3)10-13(17-19)5-8-18-6-4-7-18/h10-11,14H,4-9H2,1-3H3,(H,21,22)/t14-/m0/s1. The molecule has 0 aliphatic carbocycles. The maximum Gasteiger partial charge on any atom is 0.328 e. The Balaban J connectivity index is 2.25. The molecule has 1 aromatic heterocycles. The second-order valence-electron chi connectivity index (χ2n) is 6.50. The van der Waals surface area contributed by atoms with Crippen molar-refractivity contribution in [2.24, 2.45) is 5.92 Å². The number of hydrogen-bond acceptors (Lipinski definition) is 4. The molecular formula is C16H25N3O3. The molecule has 122 valence electrons. The lowest BCUT2D eigenvalue weighted by atomic mass is 10.0. The molecule has 0 saturated carbocycles. The first-order chi connectivity index (χ1) is 10.4. The fourth-order valence-corrected chi connectivity index (χ4v) is 2.67. The fourth-order valence-electron chi connectivity index (χ4n) is 2.67. The van der Waals surface area contributed by atoms with Gasteiger partial charge in [-0.3, -0.25) is 4.79 Å². The van der Waals surface area contributed by atoms with Crippen LogP contribution in [-0.2, 0) is 11.2 Å². The van der Waals surface area contributed by atoms with Crippen LogP contribution in [0.25, 0.3) is 0 Å². The average Bonchev–Trinajstić information content (AvgIpc) is 2.38. The average molecular weight is 307 g/mol. The van der Waals surface area contributed by atoms with Crippen LogP contribution in [0.3, 0.4) is 0 Å². The van der Waals surface area contributed by atoms with Crippen LogP contribution in [0, 0.1) is 12.8 Å². The van der Waals surface area contributed by atoms with Crippen molar-refractivity contribution in [1.82, 2.24) is 14.7 Å². The van der Waals surface area contributed by atoms with Crippen molar-refractivity contribution in [2.75, 3.05) is 19.6 Å². The fraction of sp³-hybridized carbons (Fsp3) is 0.688. The second kappa shape index (κ2) is 7.05. The van der Waals surface area contributed by atoms with Crippen molar-refractivity contribution in [3.8, 4) is 0 Å². The first-order valence-electron chi connectivity index (χ1n) is 7.93. The minimum Gasteiger partial charge on any atom is -0.480 e. The lowest BCUT2D eigenvalue weighted by Crippen LogP contribution is -2.39. The van der Waals surface area contributed by atoms with Crippen LogP contribution < -0.4 is 5.56 Å². The highest BCUT2D eigenvalue weighted by Crippen LogP contribution is 2.16. The van der Waals surface area contributed by atoms with E-state index in [0.29, 0.717) is 12.0 Å². The third-order valence-electron chi connectivity index (χ3n) is 4.07. The molecule has 1 fully saturated rings. The van der Waals surface area contributed by atoms with Crippen LogP contribution in [0.1, 0.15) is 44.0 Å². The molecule has 1 atom stereocenters. The van der Waals surface area contributed by atoms with Crippen LogP contribution in [-0.4, -0.2) is 45.4 Å². The molecule has 0 spiro atoms. The molecule has 0 amide bonds. The van der Waals surface area contributed by atoms with Gasteiger partial charge in [0.25, 0.3) is 5.56 Å². The molecule has 0 bridgehead atoms. The van der Waals surface area contributed by atoms with Gasteiger partial charge >= 0.3 is 5.97 Å². The molecular weight excluding hydrogens is 282 g/mol. The summed E-state index contributed by atoms with van der Waals surface area (Å²) in [7, 11) is 0. The Morgan fingerprint density at radius 2 is 2.09 bits per heavy atom. The molecule has 2 rings (SSSR count). The predicted octanol–water partition coefficient (Wildman–Crippen LogP) is 1.47. The first kappa shape index (κ1) is 16.7. The van der Waals surface area contributed by atoms with E-state index < -0.39 is 12.0 Å². The van der Waals surface area contributed by atoms with Gasteiger partial charge in [-0.25, -0.2) is 9.48 Å². The zero-order chi connectivity index (χ0) is 16.3. The summed E-state index contributed by atoms with van der Waals surface area (Å²) in [5.74, 6) is -0.817. The van der Waals surface area contributed by atoms with E-state index in [0.717, 1.165) is 31.7 Å². The second-order valence-corrected chi connectivity index (χ2v) is 6.50. The number of nitrogens with zero attached hydrogens (tertiary/aromatic N) is 3. The Kier molecular flexibility index (Phi) is 5.34. The van der Waals surface area contributed by atoms with Crippen LogP contribution in [0.15, 0.2) is 10.9 Å². The molecule has 6 nitrogen and oxygen atoms in total. The molecule has 2 heterocycles. The summed E-state index contributed by atoms with van der Waals surface area (Å²) in [6, 6.07) is 0.891. The molecule has 1 aliphatic rings. The van der Waals surface area contributed by atoms with Gasteiger partial charge in [-0.1, -0.05) is 13.8 Å². The van der Waals surface area contributed by atoms with Crippen LogP contribution >= 0.6 is 0 Å². The summed E-state index contributed by atoms with van der Waals surface area (Å²) >= 11 is 0. The number of aromatic nitrogens is 2. The zero-order valence-corrected chi connectivity index (χ0v) is 13.6. The highest BCUT2D eigenvalue weighted by atomic mass is 16.4. The van der Waals surface area contributed by atoms with Gasteiger partial charge in [0.05, 0.1) is 5.69 Å². The largest absolute Gasteiger partial charge is 0.480 e. The summed E-state index contributed by atoms with van der Waals surface area (Å²) < 4.78 is 1.17. The van der Waals surface area contributed by atoms with E-state index in [9.17, 15) is 14.7 Å². The van der Waals surface area contributed by atoms with Gasteiger partial charge in [0, 0.05) is 18.5 Å². The molecule has 1 aliphatic heterocycles. The third-order valence-corrected chi connectivity index (χ3v) is 4.07. The van der Waals surface area contributed by atoms with E-state index in [4.69, 9.17) is 0 Å². The number of likely N-dealkylation sites (tertiary alicyclic amines) is 1. The quantitative estimate of drug-likeness (QED) is 0.825. The van der Waals surface area contributed by atoms with Crippen molar-refractivity contribution < 1.29 is 9.90 Å². The topological polar surface area (TPSA) is 75.4 Å². The predicted molar refractivity (Wildman–Crippen MR) is 84.1 cm³/mol. The van der Waals surface area contributed by atoms with E-state index in [2.05, 4.69) is 10.00 Å². The lowest BCUT2D eigenvalue weighted by Gasteiger charge is -2.30. The normalized spacial score (nSPS) is 16.5. The molecule has 22 heavy (non-hydrogen) atoms. The van der Waals surface area contributed by atoms with Gasteiger partial charge in [0.15, 0.2) is 6.04 Å². The molecule has 1 aromatic rings. The van der Waals surface area contributed by atoms with E-state index in [1.165, 1.54) is 11.1 Å². The molecule has 1 N–H and O–H groups in total. The van der Waals surface area contributed by atoms with E-state index in [-0.39, 0.29) is 11.5 Å². The number of aliphatic carboxylic acids is 1. The van der Waals surface area contributed by atoms with Gasteiger partial charge in [-0.15, -0.1) is 0 Å². The highest BCUT2D eigenvalue weighted by Gasteiger charge is 2.24. The Labute approximate surface area is 130 Å². The van der Waals surface area contributed by atoms with Gasteiger partial charge in [-0.2, -0.15) is 5.10 Å². The van der Waals surface area contributed by atoms with E-state index >= 15 is 0 Å². The lowest BCUT2D eigenvalue weighted by molar-refractivity contribution is -0.141. The Hall–Kier alpha value is -1.69. The van der Waals surface area contributed by atoms with Crippen molar-refractivity contribution in [2.45, 2.75) is 46.1 Å². The SMILES string of the molecule is Cc1cc(CCN2CCC2)nn([C@@H](CC(C)C)C(=O)O)c1=O.